The quantitative estimate of drug-likeness (QED) is 0.499. The molecule has 0 saturated carbocycles. The Hall–Kier alpha value is -2.45. The first kappa shape index (κ1) is 17.6. The van der Waals surface area contributed by atoms with E-state index in [0.29, 0.717) is 0 Å². The van der Waals surface area contributed by atoms with Crippen LogP contribution in [0, 0.1) is 0 Å². The van der Waals surface area contributed by atoms with Crippen LogP contribution >= 0.6 is 0 Å². The molecule has 1 aromatic carbocycles. The van der Waals surface area contributed by atoms with Crippen molar-refractivity contribution in [2.45, 2.75) is 13.1 Å². The molecule has 6 nitrogen and oxygen atoms in total. The number of rotatable bonds is 3. The van der Waals surface area contributed by atoms with Crippen molar-refractivity contribution < 1.29 is 23.1 Å². The number of carbonyl (C=O) groups is 1. The number of carboxylic acid groups (broad SMARTS) is 1. The molecule has 0 atom stereocenters. The molecular weight excluding hydrogens is 277 g/mol. The lowest BCUT2D eigenvalue weighted by Gasteiger charge is -2.02. The highest BCUT2D eigenvalue weighted by Crippen LogP contribution is 2.15. The van der Waals surface area contributed by atoms with Crippen molar-refractivity contribution >= 4 is 23.3 Å². The van der Waals surface area contributed by atoms with Gasteiger partial charge in [-0.1, -0.05) is 0 Å². The van der Waals surface area contributed by atoms with E-state index in [1.807, 2.05) is 31.2 Å². The standard InChI is InChI=1S/C9H14N4.C2HF3O2/c1-2-12-7-3-5-8(6-4-7)13-9(10)11;3-2(4,5)1(6)7/h3-6,12H,2H2,1H3,(H4,10,11,13);(H,6,7). The first-order valence-electron chi connectivity index (χ1n) is 5.40. The molecule has 112 valence electrons. The molecule has 6 N–H and O–H groups in total. The van der Waals surface area contributed by atoms with Crippen LogP contribution in [0.5, 0.6) is 0 Å². The van der Waals surface area contributed by atoms with Gasteiger partial charge in [-0.3, -0.25) is 0 Å². The summed E-state index contributed by atoms with van der Waals surface area (Å²) < 4.78 is 31.7. The zero-order chi connectivity index (χ0) is 15.8. The molecule has 0 saturated heterocycles. The normalized spacial score (nSPS) is 10.0. The summed E-state index contributed by atoms with van der Waals surface area (Å²) in [6, 6.07) is 7.59. The van der Waals surface area contributed by atoms with Gasteiger partial charge >= 0.3 is 12.1 Å². The van der Waals surface area contributed by atoms with E-state index in [1.54, 1.807) is 0 Å². The van der Waals surface area contributed by atoms with Gasteiger partial charge in [-0.05, 0) is 31.2 Å². The van der Waals surface area contributed by atoms with Gasteiger partial charge in [0.2, 0.25) is 0 Å². The van der Waals surface area contributed by atoms with Gasteiger partial charge in [-0.2, -0.15) is 13.2 Å². The minimum atomic E-state index is -5.08. The van der Waals surface area contributed by atoms with E-state index in [1.165, 1.54) is 0 Å². The highest BCUT2D eigenvalue weighted by molar-refractivity contribution is 5.79. The van der Waals surface area contributed by atoms with Crippen LogP contribution in [0.3, 0.4) is 0 Å². The Bertz CT molecular complexity index is 454. The Morgan fingerprint density at radius 2 is 1.75 bits per heavy atom. The zero-order valence-electron chi connectivity index (χ0n) is 10.6. The Labute approximate surface area is 113 Å². The first-order valence-corrected chi connectivity index (χ1v) is 5.40. The van der Waals surface area contributed by atoms with Crippen LogP contribution in [-0.2, 0) is 4.79 Å². The van der Waals surface area contributed by atoms with Crippen molar-refractivity contribution in [3.63, 3.8) is 0 Å². The van der Waals surface area contributed by atoms with Gasteiger partial charge in [-0.25, -0.2) is 9.79 Å². The fourth-order valence-electron chi connectivity index (χ4n) is 1.01. The molecule has 1 aromatic rings. The molecule has 0 spiro atoms. The highest BCUT2D eigenvalue weighted by Gasteiger charge is 2.38. The lowest BCUT2D eigenvalue weighted by molar-refractivity contribution is -0.192. The van der Waals surface area contributed by atoms with Crippen LogP contribution in [0.15, 0.2) is 29.3 Å². The Morgan fingerprint density at radius 1 is 1.30 bits per heavy atom. The van der Waals surface area contributed by atoms with E-state index < -0.39 is 12.1 Å². The second-order valence-corrected chi connectivity index (χ2v) is 3.42. The molecule has 0 aliphatic carbocycles. The van der Waals surface area contributed by atoms with Gasteiger partial charge in [-0.15, -0.1) is 0 Å². The van der Waals surface area contributed by atoms with E-state index in [2.05, 4.69) is 10.3 Å². The van der Waals surface area contributed by atoms with Crippen molar-refractivity contribution in [3.05, 3.63) is 24.3 Å². The molecule has 0 radical (unpaired) electrons. The Kier molecular flexibility index (Phi) is 6.91. The molecule has 1 rings (SSSR count). The van der Waals surface area contributed by atoms with E-state index in [9.17, 15) is 13.2 Å². The zero-order valence-corrected chi connectivity index (χ0v) is 10.6. The number of nitrogens with one attached hydrogen (secondary N) is 1. The number of benzene rings is 1. The minimum absolute atomic E-state index is 0.0798. The molecule has 0 aliphatic heterocycles. The minimum Gasteiger partial charge on any atom is -0.475 e. The number of nitrogens with zero attached hydrogens (tertiary/aromatic N) is 1. The number of alkyl halides is 3. The molecular formula is C11H15F3N4O2. The summed E-state index contributed by atoms with van der Waals surface area (Å²) >= 11 is 0. The summed E-state index contributed by atoms with van der Waals surface area (Å²) in [6.07, 6.45) is -5.08. The molecule has 9 heteroatoms. The highest BCUT2D eigenvalue weighted by atomic mass is 19.4. The van der Waals surface area contributed by atoms with Crippen LogP contribution in [0.1, 0.15) is 6.92 Å². The number of halogens is 3. The molecule has 0 unspecified atom stereocenters. The maximum atomic E-state index is 10.6. The lowest BCUT2D eigenvalue weighted by atomic mass is 10.3. The van der Waals surface area contributed by atoms with Crippen LogP contribution in [-0.4, -0.2) is 29.8 Å². The van der Waals surface area contributed by atoms with Crippen molar-refractivity contribution in [2.75, 3.05) is 11.9 Å². The predicted octanol–water partition coefficient (Wildman–Crippen LogP) is 1.66. The van der Waals surface area contributed by atoms with E-state index in [4.69, 9.17) is 21.4 Å². The average molecular weight is 292 g/mol. The number of nitrogens with two attached hydrogens (primary N) is 2. The third kappa shape index (κ3) is 7.80. The third-order valence-electron chi connectivity index (χ3n) is 1.75. The van der Waals surface area contributed by atoms with E-state index >= 15 is 0 Å². The molecule has 0 bridgehead atoms. The summed E-state index contributed by atoms with van der Waals surface area (Å²) in [5, 5.41) is 10.3. The SMILES string of the molecule is CCNc1ccc(N=C(N)N)cc1.O=C(O)C(F)(F)F. The van der Waals surface area contributed by atoms with Crippen molar-refractivity contribution in [2.24, 2.45) is 16.5 Å². The monoisotopic (exact) mass is 292 g/mol. The second-order valence-electron chi connectivity index (χ2n) is 3.42. The van der Waals surface area contributed by atoms with Gasteiger partial charge in [0.05, 0.1) is 5.69 Å². The van der Waals surface area contributed by atoms with Gasteiger partial charge in [0.1, 0.15) is 0 Å². The van der Waals surface area contributed by atoms with Crippen LogP contribution in [0.2, 0.25) is 0 Å². The molecule has 0 fully saturated rings. The lowest BCUT2D eigenvalue weighted by Crippen LogP contribution is -2.21. The topological polar surface area (TPSA) is 114 Å². The number of aliphatic carboxylic acids is 1. The first-order chi connectivity index (χ1) is 9.16. The molecule has 0 aliphatic rings. The molecule has 0 heterocycles. The Balaban J connectivity index is 0.000000441. The van der Waals surface area contributed by atoms with E-state index in [-0.39, 0.29) is 5.96 Å². The number of hydrogen-bond donors (Lipinski definition) is 4. The fraction of sp³-hybridized carbons (Fsp3) is 0.273. The number of hydrogen-bond acceptors (Lipinski definition) is 3. The van der Waals surface area contributed by atoms with Crippen molar-refractivity contribution in [1.82, 2.24) is 0 Å². The maximum absolute atomic E-state index is 10.6. The fourth-order valence-corrected chi connectivity index (χ4v) is 1.01. The smallest absolute Gasteiger partial charge is 0.475 e. The van der Waals surface area contributed by atoms with Crippen LogP contribution in [0.4, 0.5) is 24.5 Å². The van der Waals surface area contributed by atoms with Gasteiger partial charge in [0.15, 0.2) is 5.96 Å². The summed E-state index contributed by atoms with van der Waals surface area (Å²) in [5.74, 6) is -2.68. The van der Waals surface area contributed by atoms with Crippen LogP contribution < -0.4 is 16.8 Å². The third-order valence-corrected chi connectivity index (χ3v) is 1.75. The summed E-state index contributed by atoms with van der Waals surface area (Å²) in [6.45, 7) is 2.95. The largest absolute Gasteiger partial charge is 0.490 e. The molecule has 0 aromatic heterocycles. The van der Waals surface area contributed by atoms with Crippen LogP contribution in [0.25, 0.3) is 0 Å². The Morgan fingerprint density at radius 3 is 2.05 bits per heavy atom. The summed E-state index contributed by atoms with van der Waals surface area (Å²) in [4.78, 5) is 12.8. The van der Waals surface area contributed by atoms with Gasteiger partial charge in [0.25, 0.3) is 0 Å². The number of aliphatic imine (C=N–C) groups is 1. The molecule has 0 amide bonds. The van der Waals surface area contributed by atoms with Gasteiger partial charge in [0, 0.05) is 12.2 Å². The maximum Gasteiger partial charge on any atom is 0.490 e. The number of anilines is 1. The summed E-state index contributed by atoms with van der Waals surface area (Å²) in [7, 11) is 0. The second kappa shape index (κ2) is 7.87. The van der Waals surface area contributed by atoms with Crippen molar-refractivity contribution in [3.8, 4) is 0 Å². The average Bonchev–Trinajstić information content (AvgIpc) is 2.31. The number of guanidine groups is 1. The number of carboxylic acids is 1. The predicted molar refractivity (Wildman–Crippen MR) is 69.8 cm³/mol. The van der Waals surface area contributed by atoms with Gasteiger partial charge < -0.3 is 21.9 Å². The summed E-state index contributed by atoms with van der Waals surface area (Å²) in [5.41, 5.74) is 12.3. The molecule has 20 heavy (non-hydrogen) atoms. The van der Waals surface area contributed by atoms with E-state index in [0.717, 1.165) is 17.9 Å². The van der Waals surface area contributed by atoms with Crippen molar-refractivity contribution in [1.29, 1.82) is 0 Å².